The molecule has 178 valence electrons. The number of ether oxygens (including phenoxy) is 1. The molecule has 1 aromatic heterocycles. The second-order valence-corrected chi connectivity index (χ2v) is 8.78. The first-order chi connectivity index (χ1) is 17.0. The van der Waals surface area contributed by atoms with Gasteiger partial charge in [-0.05, 0) is 42.0 Å². The molecule has 4 rings (SSSR count). The van der Waals surface area contributed by atoms with Crippen molar-refractivity contribution in [3.05, 3.63) is 88.9 Å². The van der Waals surface area contributed by atoms with E-state index in [0.29, 0.717) is 28.0 Å². The van der Waals surface area contributed by atoms with Crippen LogP contribution < -0.4 is 10.2 Å². The zero-order chi connectivity index (χ0) is 24.6. The third kappa shape index (κ3) is 6.62. The number of para-hydroxylation sites is 3. The van der Waals surface area contributed by atoms with Crippen molar-refractivity contribution in [1.82, 2.24) is 15.0 Å². The molecule has 10 heteroatoms. The van der Waals surface area contributed by atoms with Crippen molar-refractivity contribution in [2.24, 2.45) is 5.10 Å². The highest BCUT2D eigenvalue weighted by Crippen LogP contribution is 2.25. The molecule has 0 fully saturated rings. The molecule has 0 aliphatic rings. The molecular formula is C25H21ClN4O4S. The zero-order valence-electron chi connectivity index (χ0n) is 18.4. The molecule has 0 aliphatic carbocycles. The maximum atomic E-state index is 12.4. The van der Waals surface area contributed by atoms with Gasteiger partial charge in [-0.1, -0.05) is 59.8 Å². The Morgan fingerprint density at radius 2 is 1.83 bits per heavy atom. The van der Waals surface area contributed by atoms with Crippen LogP contribution in [-0.2, 0) is 16.1 Å². The number of nitrogens with zero attached hydrogens (tertiary/aromatic N) is 3. The lowest BCUT2D eigenvalue weighted by Crippen LogP contribution is -2.20. The number of carboxylic acids is 1. The van der Waals surface area contributed by atoms with Gasteiger partial charge >= 0.3 is 5.97 Å². The molecule has 0 aliphatic heterocycles. The highest BCUT2D eigenvalue weighted by atomic mass is 35.5. The Balaban J connectivity index is 1.41. The molecule has 2 N–H and O–H groups in total. The van der Waals surface area contributed by atoms with E-state index >= 15 is 0 Å². The van der Waals surface area contributed by atoms with E-state index in [2.05, 4.69) is 20.1 Å². The van der Waals surface area contributed by atoms with E-state index < -0.39 is 12.6 Å². The van der Waals surface area contributed by atoms with Crippen LogP contribution in [0.1, 0.15) is 11.1 Å². The summed E-state index contributed by atoms with van der Waals surface area (Å²) in [7, 11) is 0. The van der Waals surface area contributed by atoms with Crippen molar-refractivity contribution in [2.75, 3.05) is 12.4 Å². The number of carboxylic acid groups (broad SMARTS) is 1. The quantitative estimate of drug-likeness (QED) is 0.186. The Hall–Kier alpha value is -3.82. The van der Waals surface area contributed by atoms with Crippen molar-refractivity contribution in [1.29, 1.82) is 0 Å². The topological polar surface area (TPSA) is 106 Å². The van der Waals surface area contributed by atoms with Crippen LogP contribution in [0.15, 0.2) is 83.1 Å². The summed E-state index contributed by atoms with van der Waals surface area (Å²) in [6.45, 7) is 0.123. The monoisotopic (exact) mass is 508 g/mol. The first-order valence-corrected chi connectivity index (χ1v) is 11.9. The lowest BCUT2D eigenvalue weighted by atomic mass is 10.2. The van der Waals surface area contributed by atoms with Gasteiger partial charge in [0.05, 0.1) is 29.5 Å². The van der Waals surface area contributed by atoms with Crippen LogP contribution in [0.2, 0.25) is 5.02 Å². The number of hydrogen-bond acceptors (Lipinski definition) is 6. The van der Waals surface area contributed by atoms with Crippen molar-refractivity contribution >= 4 is 52.5 Å². The van der Waals surface area contributed by atoms with Crippen LogP contribution in [-0.4, -0.2) is 45.1 Å². The molecule has 0 radical (unpaired) electrons. The summed E-state index contributed by atoms with van der Waals surface area (Å²) in [6, 6.07) is 22.3. The number of hydrogen-bond donors (Lipinski definition) is 2. The van der Waals surface area contributed by atoms with E-state index in [1.54, 1.807) is 24.3 Å². The number of carbonyl (C=O) groups excluding carboxylic acids is 1. The SMILES string of the molecule is O=C(O)COc1ccccc1/C=N\NC(=O)CSc1nc2ccccc2n1Cc1ccc(Cl)cc1. The number of nitrogens with one attached hydrogen (secondary N) is 1. The fourth-order valence-electron chi connectivity index (χ4n) is 3.28. The number of fused-ring (bicyclic) bond motifs is 1. The molecule has 3 aromatic carbocycles. The Morgan fingerprint density at radius 3 is 2.63 bits per heavy atom. The van der Waals surface area contributed by atoms with Crippen molar-refractivity contribution in [3.8, 4) is 5.75 Å². The second-order valence-electron chi connectivity index (χ2n) is 7.40. The van der Waals surface area contributed by atoms with Gasteiger partial charge in [-0.2, -0.15) is 5.10 Å². The number of hydrazone groups is 1. The van der Waals surface area contributed by atoms with Crippen LogP contribution in [0, 0.1) is 0 Å². The van der Waals surface area contributed by atoms with Crippen molar-refractivity contribution < 1.29 is 19.4 Å². The third-order valence-electron chi connectivity index (χ3n) is 4.87. The molecular weight excluding hydrogens is 488 g/mol. The van der Waals surface area contributed by atoms with E-state index in [-0.39, 0.29) is 11.7 Å². The largest absolute Gasteiger partial charge is 0.481 e. The Labute approximate surface area is 210 Å². The fourth-order valence-corrected chi connectivity index (χ4v) is 4.22. The van der Waals surface area contributed by atoms with E-state index in [4.69, 9.17) is 21.4 Å². The standard InChI is InChI=1S/C25H21ClN4O4S/c26-19-11-9-17(10-12-19)14-30-21-7-3-2-6-20(21)28-25(30)35-16-23(31)29-27-13-18-5-1-4-8-22(18)34-15-24(32)33/h1-13H,14-16H2,(H,29,31)(H,32,33)/b27-13-. The summed E-state index contributed by atoms with van der Waals surface area (Å²) >= 11 is 7.33. The Morgan fingerprint density at radius 1 is 1.09 bits per heavy atom. The van der Waals surface area contributed by atoms with Gasteiger partial charge in [0.2, 0.25) is 0 Å². The first-order valence-electron chi connectivity index (χ1n) is 10.6. The van der Waals surface area contributed by atoms with Crippen molar-refractivity contribution in [3.63, 3.8) is 0 Å². The number of aromatic nitrogens is 2. The predicted octanol–water partition coefficient (Wildman–Crippen LogP) is 4.44. The van der Waals surface area contributed by atoms with E-state index in [0.717, 1.165) is 16.6 Å². The number of rotatable bonds is 10. The highest BCUT2D eigenvalue weighted by molar-refractivity contribution is 7.99. The third-order valence-corrected chi connectivity index (χ3v) is 6.10. The van der Waals surface area contributed by atoms with Gasteiger partial charge in [-0.3, -0.25) is 4.79 Å². The summed E-state index contributed by atoms with van der Waals surface area (Å²) in [5.74, 6) is -0.916. The predicted molar refractivity (Wildman–Crippen MR) is 136 cm³/mol. The van der Waals surface area contributed by atoms with Gasteiger partial charge in [-0.25, -0.2) is 15.2 Å². The van der Waals surface area contributed by atoms with E-state index in [9.17, 15) is 9.59 Å². The number of benzene rings is 3. The average Bonchev–Trinajstić information content (AvgIpc) is 3.20. The van der Waals surface area contributed by atoms with Gasteiger partial charge in [0, 0.05) is 10.6 Å². The number of aliphatic carboxylic acids is 1. The normalized spacial score (nSPS) is 11.1. The van der Waals surface area contributed by atoms with Gasteiger partial charge in [0.1, 0.15) is 5.75 Å². The smallest absolute Gasteiger partial charge is 0.341 e. The second kappa shape index (κ2) is 11.5. The molecule has 0 spiro atoms. The minimum Gasteiger partial charge on any atom is -0.481 e. The summed E-state index contributed by atoms with van der Waals surface area (Å²) in [6.07, 6.45) is 1.41. The first kappa shape index (κ1) is 24.3. The van der Waals surface area contributed by atoms with Gasteiger partial charge < -0.3 is 14.4 Å². The molecule has 8 nitrogen and oxygen atoms in total. The molecule has 1 heterocycles. The van der Waals surface area contributed by atoms with Gasteiger partial charge in [0.15, 0.2) is 11.8 Å². The molecule has 0 unspecified atom stereocenters. The Kier molecular flexibility index (Phi) is 8.02. The maximum absolute atomic E-state index is 12.4. The summed E-state index contributed by atoms with van der Waals surface area (Å²) in [4.78, 5) is 27.9. The highest BCUT2D eigenvalue weighted by Gasteiger charge is 2.13. The number of halogens is 1. The number of amides is 1. The molecule has 0 saturated heterocycles. The number of thioether (sulfide) groups is 1. The molecule has 0 atom stereocenters. The van der Waals surface area contributed by atoms with E-state index in [1.807, 2.05) is 48.5 Å². The van der Waals surface area contributed by atoms with Crippen LogP contribution in [0.3, 0.4) is 0 Å². The summed E-state index contributed by atoms with van der Waals surface area (Å²) in [5.41, 5.74) is 5.92. The van der Waals surface area contributed by atoms with Gasteiger partial charge in [0.25, 0.3) is 5.91 Å². The zero-order valence-corrected chi connectivity index (χ0v) is 20.0. The molecule has 0 saturated carbocycles. The average molecular weight is 509 g/mol. The van der Waals surface area contributed by atoms with Crippen LogP contribution in [0.25, 0.3) is 11.0 Å². The number of carbonyl (C=O) groups is 2. The maximum Gasteiger partial charge on any atom is 0.341 e. The van der Waals surface area contributed by atoms with E-state index in [1.165, 1.54) is 18.0 Å². The molecule has 4 aromatic rings. The summed E-state index contributed by atoms with van der Waals surface area (Å²) in [5, 5.41) is 14.2. The summed E-state index contributed by atoms with van der Waals surface area (Å²) < 4.78 is 7.30. The molecule has 35 heavy (non-hydrogen) atoms. The minimum absolute atomic E-state index is 0.110. The molecule has 0 bridgehead atoms. The van der Waals surface area contributed by atoms with Gasteiger partial charge in [-0.15, -0.1) is 0 Å². The van der Waals surface area contributed by atoms with Crippen LogP contribution in [0.5, 0.6) is 5.75 Å². The number of imidazole rings is 1. The lowest BCUT2D eigenvalue weighted by Gasteiger charge is -2.09. The van der Waals surface area contributed by atoms with Crippen molar-refractivity contribution in [2.45, 2.75) is 11.7 Å². The molecule has 1 amide bonds. The Bertz CT molecular complexity index is 1370. The van der Waals surface area contributed by atoms with Crippen LogP contribution >= 0.6 is 23.4 Å². The minimum atomic E-state index is -1.08. The fraction of sp³-hybridized carbons (Fsp3) is 0.120. The van der Waals surface area contributed by atoms with Crippen LogP contribution in [0.4, 0.5) is 0 Å². The lowest BCUT2D eigenvalue weighted by molar-refractivity contribution is -0.139.